The molecular formula is C16H17FO4. The minimum atomic E-state index is -1.05. The molecule has 0 aliphatic carbocycles. The van der Waals surface area contributed by atoms with Gasteiger partial charge >= 0.3 is 5.97 Å². The number of hydrogen-bond donors (Lipinski definition) is 0. The van der Waals surface area contributed by atoms with E-state index in [1.54, 1.807) is 0 Å². The Hall–Kier alpha value is -2.30. The zero-order chi connectivity index (χ0) is 16.2. The van der Waals surface area contributed by atoms with E-state index in [9.17, 15) is 18.8 Å². The van der Waals surface area contributed by atoms with Crippen LogP contribution in [0, 0.1) is 11.7 Å². The van der Waals surface area contributed by atoms with Crippen molar-refractivity contribution >= 4 is 17.5 Å². The summed E-state index contributed by atoms with van der Waals surface area (Å²) in [4.78, 5) is 35.3. The molecule has 0 heterocycles. The van der Waals surface area contributed by atoms with Gasteiger partial charge in [0.2, 0.25) is 0 Å². The number of benzene rings is 1. The number of hydrogen-bond acceptors (Lipinski definition) is 4. The van der Waals surface area contributed by atoms with Gasteiger partial charge in [0.25, 0.3) is 0 Å². The fourth-order valence-electron chi connectivity index (χ4n) is 2.28. The highest BCUT2D eigenvalue weighted by Crippen LogP contribution is 2.33. The van der Waals surface area contributed by atoms with Crippen molar-refractivity contribution in [3.8, 4) is 0 Å². The average molecular weight is 292 g/mol. The molecular weight excluding hydrogens is 275 g/mol. The largest absolute Gasteiger partial charge is 0.466 e. The fourth-order valence-corrected chi connectivity index (χ4v) is 2.28. The maximum atomic E-state index is 13.0. The van der Waals surface area contributed by atoms with Crippen molar-refractivity contribution in [2.45, 2.75) is 19.8 Å². The third-order valence-corrected chi connectivity index (χ3v) is 3.26. The summed E-state index contributed by atoms with van der Waals surface area (Å²) < 4.78 is 17.7. The third-order valence-electron chi connectivity index (χ3n) is 3.26. The van der Waals surface area contributed by atoms with Crippen LogP contribution in [-0.2, 0) is 19.1 Å². The molecule has 0 fully saturated rings. The molecule has 4 nitrogen and oxygen atoms in total. The molecule has 0 N–H and O–H groups in total. The van der Waals surface area contributed by atoms with Crippen molar-refractivity contribution < 1.29 is 23.5 Å². The standard InChI is InChI=1S/C16H17FO4/c1-9(16(20)21-4)14(15(10(2)18)11(3)19)12-5-7-13(17)8-6-12/h5-8,14-15H,1H2,2-4H3. The Morgan fingerprint density at radius 3 is 1.95 bits per heavy atom. The van der Waals surface area contributed by atoms with Gasteiger partial charge in [0, 0.05) is 11.5 Å². The number of methoxy groups -OCH3 is 1. The highest BCUT2D eigenvalue weighted by molar-refractivity contribution is 6.03. The molecule has 1 rings (SSSR count). The van der Waals surface area contributed by atoms with Crippen LogP contribution >= 0.6 is 0 Å². The second-order valence-corrected chi connectivity index (χ2v) is 4.75. The van der Waals surface area contributed by atoms with Gasteiger partial charge in [0.05, 0.1) is 13.0 Å². The first-order valence-corrected chi connectivity index (χ1v) is 6.33. The second-order valence-electron chi connectivity index (χ2n) is 4.75. The Bertz CT molecular complexity index is 560. The lowest BCUT2D eigenvalue weighted by Gasteiger charge is -2.24. The van der Waals surface area contributed by atoms with Crippen LogP contribution in [0.5, 0.6) is 0 Å². The number of ketones is 2. The van der Waals surface area contributed by atoms with Crippen molar-refractivity contribution in [3.63, 3.8) is 0 Å². The molecule has 1 atom stereocenters. The van der Waals surface area contributed by atoms with E-state index in [-0.39, 0.29) is 17.1 Å². The lowest BCUT2D eigenvalue weighted by atomic mass is 9.77. The van der Waals surface area contributed by atoms with Gasteiger partial charge in [-0.3, -0.25) is 9.59 Å². The molecule has 0 aliphatic heterocycles. The van der Waals surface area contributed by atoms with E-state index in [4.69, 9.17) is 0 Å². The minimum Gasteiger partial charge on any atom is -0.466 e. The molecule has 1 unspecified atom stereocenters. The smallest absolute Gasteiger partial charge is 0.333 e. The normalized spacial score (nSPS) is 11.9. The number of esters is 1. The molecule has 1 aromatic rings. The summed E-state index contributed by atoms with van der Waals surface area (Å²) in [5, 5.41) is 0. The monoisotopic (exact) mass is 292 g/mol. The van der Waals surface area contributed by atoms with Crippen LogP contribution < -0.4 is 0 Å². The van der Waals surface area contributed by atoms with Gasteiger partial charge in [-0.15, -0.1) is 0 Å². The quantitative estimate of drug-likeness (QED) is 0.459. The van der Waals surface area contributed by atoms with E-state index in [0.717, 1.165) is 0 Å². The van der Waals surface area contributed by atoms with E-state index in [0.29, 0.717) is 5.56 Å². The number of carbonyl (C=O) groups excluding carboxylic acids is 3. The SMILES string of the molecule is C=C(C(=O)OC)C(c1ccc(F)cc1)C(C(C)=O)C(C)=O. The molecule has 5 heteroatoms. The minimum absolute atomic E-state index is 0.0143. The number of Topliss-reactive ketones (excluding diaryl/α,β-unsaturated/α-hetero) is 2. The molecule has 0 saturated heterocycles. The summed E-state index contributed by atoms with van der Waals surface area (Å²) in [6.45, 7) is 6.18. The molecule has 0 aliphatic rings. The fraction of sp³-hybridized carbons (Fsp3) is 0.312. The van der Waals surface area contributed by atoms with Crippen molar-refractivity contribution in [1.29, 1.82) is 0 Å². The Labute approximate surface area is 122 Å². The second kappa shape index (κ2) is 6.92. The van der Waals surface area contributed by atoms with Crippen molar-refractivity contribution in [1.82, 2.24) is 0 Å². The van der Waals surface area contributed by atoms with E-state index in [2.05, 4.69) is 11.3 Å². The first-order valence-electron chi connectivity index (χ1n) is 6.33. The Morgan fingerprint density at radius 2 is 1.57 bits per heavy atom. The molecule has 0 radical (unpaired) electrons. The number of ether oxygens (including phenoxy) is 1. The van der Waals surface area contributed by atoms with Crippen LogP contribution in [0.2, 0.25) is 0 Å². The molecule has 0 saturated carbocycles. The van der Waals surface area contributed by atoms with Crippen LogP contribution in [0.25, 0.3) is 0 Å². The lowest BCUT2D eigenvalue weighted by Crippen LogP contribution is -2.30. The lowest BCUT2D eigenvalue weighted by molar-refractivity contribution is -0.136. The van der Waals surface area contributed by atoms with Crippen LogP contribution in [0.3, 0.4) is 0 Å². The van der Waals surface area contributed by atoms with Crippen molar-refractivity contribution in [2.24, 2.45) is 5.92 Å². The van der Waals surface area contributed by atoms with Gasteiger partial charge in [0.15, 0.2) is 0 Å². The summed E-state index contributed by atoms with van der Waals surface area (Å²) in [6.07, 6.45) is 0. The average Bonchev–Trinajstić information content (AvgIpc) is 2.43. The zero-order valence-electron chi connectivity index (χ0n) is 12.2. The van der Waals surface area contributed by atoms with Gasteiger partial charge in [-0.2, -0.15) is 0 Å². The summed E-state index contributed by atoms with van der Waals surface area (Å²) in [5.41, 5.74) is 0.446. The van der Waals surface area contributed by atoms with Crippen LogP contribution in [0.4, 0.5) is 4.39 Å². The predicted molar refractivity (Wildman–Crippen MR) is 75.1 cm³/mol. The Kier molecular flexibility index (Phi) is 5.52. The van der Waals surface area contributed by atoms with Crippen LogP contribution in [0.15, 0.2) is 36.4 Å². The van der Waals surface area contributed by atoms with Crippen molar-refractivity contribution in [2.75, 3.05) is 7.11 Å². The van der Waals surface area contributed by atoms with Crippen LogP contribution in [0.1, 0.15) is 25.3 Å². The Morgan fingerprint density at radius 1 is 1.10 bits per heavy atom. The van der Waals surface area contributed by atoms with Crippen molar-refractivity contribution in [3.05, 3.63) is 47.8 Å². The van der Waals surface area contributed by atoms with Crippen LogP contribution in [-0.4, -0.2) is 24.6 Å². The maximum Gasteiger partial charge on any atom is 0.333 e. The third kappa shape index (κ3) is 3.84. The van der Waals surface area contributed by atoms with Gasteiger partial charge < -0.3 is 4.74 Å². The molecule has 112 valence electrons. The van der Waals surface area contributed by atoms with Gasteiger partial charge in [0.1, 0.15) is 17.4 Å². The Balaban J connectivity index is 3.38. The van der Waals surface area contributed by atoms with E-state index in [1.165, 1.54) is 45.2 Å². The molecule has 0 spiro atoms. The van der Waals surface area contributed by atoms with E-state index >= 15 is 0 Å². The molecule has 0 aromatic heterocycles. The summed E-state index contributed by atoms with van der Waals surface area (Å²) >= 11 is 0. The van der Waals surface area contributed by atoms with Gasteiger partial charge in [-0.05, 0) is 31.5 Å². The molecule has 0 bridgehead atoms. The number of rotatable bonds is 6. The van der Waals surface area contributed by atoms with Gasteiger partial charge in [-0.1, -0.05) is 18.7 Å². The summed E-state index contributed by atoms with van der Waals surface area (Å²) in [6, 6.07) is 5.24. The highest BCUT2D eigenvalue weighted by Gasteiger charge is 2.35. The van der Waals surface area contributed by atoms with E-state index < -0.39 is 23.6 Å². The molecule has 0 amide bonds. The maximum absolute atomic E-state index is 13.0. The number of carbonyl (C=O) groups is 3. The van der Waals surface area contributed by atoms with E-state index in [1.807, 2.05) is 0 Å². The number of halogens is 1. The zero-order valence-corrected chi connectivity index (χ0v) is 12.2. The summed E-state index contributed by atoms with van der Waals surface area (Å²) in [5.74, 6) is -3.86. The predicted octanol–water partition coefficient (Wildman–Crippen LogP) is 2.43. The first-order chi connectivity index (χ1) is 9.79. The van der Waals surface area contributed by atoms with Gasteiger partial charge in [-0.25, -0.2) is 9.18 Å². The molecule has 21 heavy (non-hydrogen) atoms. The topological polar surface area (TPSA) is 60.4 Å². The first kappa shape index (κ1) is 16.8. The highest BCUT2D eigenvalue weighted by atomic mass is 19.1. The molecule has 1 aromatic carbocycles. The summed E-state index contributed by atoms with van der Waals surface area (Å²) in [7, 11) is 1.19.